The monoisotopic (exact) mass is 297 g/mol. The number of methoxy groups -OCH3 is 2. The fraction of sp³-hybridized carbons (Fsp3) is 0.400. The Bertz CT molecular complexity index is 483. The van der Waals surface area contributed by atoms with Crippen LogP contribution in [-0.4, -0.2) is 51.6 Å². The number of rotatable bonds is 9. The van der Waals surface area contributed by atoms with Gasteiger partial charge in [-0.2, -0.15) is 0 Å². The lowest BCUT2D eigenvalue weighted by Crippen LogP contribution is -2.31. The van der Waals surface area contributed by atoms with Gasteiger partial charge in [-0.15, -0.1) is 0 Å². The summed E-state index contributed by atoms with van der Waals surface area (Å²) >= 11 is 0. The summed E-state index contributed by atoms with van der Waals surface area (Å²) in [6.07, 6.45) is 2.19. The van der Waals surface area contributed by atoms with Crippen LogP contribution >= 0.6 is 0 Å². The Morgan fingerprint density at radius 3 is 2.43 bits per heavy atom. The number of carboxylic acid groups (broad SMARTS) is 1. The van der Waals surface area contributed by atoms with Crippen LogP contribution in [0.2, 0.25) is 0 Å². The predicted molar refractivity (Wildman–Crippen MR) is 79.0 cm³/mol. The number of ether oxygens (including phenoxy) is 2. The molecule has 1 rings (SSSR count). The fourth-order valence-electron chi connectivity index (χ4n) is 1.88. The molecule has 0 spiro atoms. The summed E-state index contributed by atoms with van der Waals surface area (Å²) in [5, 5.41) is 8.72. The molecule has 0 aliphatic heterocycles. The summed E-state index contributed by atoms with van der Waals surface area (Å²) < 4.78 is 24.1. The first-order chi connectivity index (χ1) is 10.1. The van der Waals surface area contributed by atoms with Crippen molar-refractivity contribution in [2.24, 2.45) is 0 Å². The van der Waals surface area contributed by atoms with Crippen LogP contribution < -0.4 is 4.90 Å². The van der Waals surface area contributed by atoms with Crippen molar-refractivity contribution in [3.05, 3.63) is 35.7 Å². The molecule has 1 aromatic carbocycles. The molecule has 6 heteroatoms. The summed E-state index contributed by atoms with van der Waals surface area (Å²) in [4.78, 5) is 12.5. The first kappa shape index (κ1) is 17.1. The van der Waals surface area contributed by atoms with Gasteiger partial charge in [0.15, 0.2) is 0 Å². The Morgan fingerprint density at radius 2 is 1.90 bits per heavy atom. The van der Waals surface area contributed by atoms with E-state index in [1.54, 1.807) is 26.4 Å². The van der Waals surface area contributed by atoms with Crippen molar-refractivity contribution < 1.29 is 23.8 Å². The predicted octanol–water partition coefficient (Wildman–Crippen LogP) is 2.02. The van der Waals surface area contributed by atoms with Gasteiger partial charge in [0.1, 0.15) is 5.82 Å². The van der Waals surface area contributed by atoms with Gasteiger partial charge >= 0.3 is 5.97 Å². The molecule has 0 bridgehead atoms. The van der Waals surface area contributed by atoms with Gasteiger partial charge in [0.05, 0.1) is 13.2 Å². The Balaban J connectivity index is 3.10. The highest BCUT2D eigenvalue weighted by molar-refractivity contribution is 5.87. The van der Waals surface area contributed by atoms with Crippen LogP contribution in [0.5, 0.6) is 0 Å². The smallest absolute Gasteiger partial charge is 0.328 e. The highest BCUT2D eigenvalue weighted by Crippen LogP contribution is 2.24. The largest absolute Gasteiger partial charge is 0.478 e. The van der Waals surface area contributed by atoms with E-state index in [1.165, 1.54) is 12.1 Å². The highest BCUT2D eigenvalue weighted by atomic mass is 19.1. The number of hydrogen-bond donors (Lipinski definition) is 1. The van der Waals surface area contributed by atoms with Crippen LogP contribution in [0, 0.1) is 5.82 Å². The Kier molecular flexibility index (Phi) is 7.42. The molecule has 1 N–H and O–H groups in total. The van der Waals surface area contributed by atoms with Crippen molar-refractivity contribution in [3.63, 3.8) is 0 Å². The molecule has 116 valence electrons. The summed E-state index contributed by atoms with van der Waals surface area (Å²) in [6.45, 7) is 2.05. The molecule has 0 unspecified atom stereocenters. The highest BCUT2D eigenvalue weighted by Gasteiger charge is 2.13. The maximum Gasteiger partial charge on any atom is 0.328 e. The Morgan fingerprint density at radius 1 is 1.29 bits per heavy atom. The molecule has 0 saturated heterocycles. The molecule has 0 saturated carbocycles. The van der Waals surface area contributed by atoms with Gasteiger partial charge in [-0.3, -0.25) is 0 Å². The minimum absolute atomic E-state index is 0.243. The lowest BCUT2D eigenvalue weighted by molar-refractivity contribution is -0.131. The zero-order valence-corrected chi connectivity index (χ0v) is 12.2. The molecule has 0 aliphatic carbocycles. The van der Waals surface area contributed by atoms with E-state index in [4.69, 9.17) is 14.6 Å². The third kappa shape index (κ3) is 5.53. The zero-order chi connectivity index (χ0) is 15.7. The van der Waals surface area contributed by atoms with Gasteiger partial charge in [0.2, 0.25) is 0 Å². The summed E-state index contributed by atoms with van der Waals surface area (Å²) in [5.41, 5.74) is 0.855. The molecule has 21 heavy (non-hydrogen) atoms. The maximum atomic E-state index is 14.0. The van der Waals surface area contributed by atoms with E-state index in [-0.39, 0.29) is 5.56 Å². The number of halogens is 1. The number of nitrogens with zero attached hydrogens (tertiary/aromatic N) is 1. The Hall–Kier alpha value is -1.92. The zero-order valence-electron chi connectivity index (χ0n) is 12.2. The maximum absolute atomic E-state index is 14.0. The van der Waals surface area contributed by atoms with E-state index >= 15 is 0 Å². The summed E-state index contributed by atoms with van der Waals surface area (Å²) in [7, 11) is 3.18. The Labute approximate surface area is 123 Å². The van der Waals surface area contributed by atoms with Gasteiger partial charge in [0.25, 0.3) is 0 Å². The first-order valence-electron chi connectivity index (χ1n) is 6.52. The normalized spacial score (nSPS) is 11.0. The lowest BCUT2D eigenvalue weighted by atomic mass is 10.1. The summed E-state index contributed by atoms with van der Waals surface area (Å²) in [5.74, 6) is -1.59. The van der Waals surface area contributed by atoms with Gasteiger partial charge in [-0.25, -0.2) is 9.18 Å². The topological polar surface area (TPSA) is 59.0 Å². The number of aliphatic carboxylic acids is 1. The number of benzene rings is 1. The minimum Gasteiger partial charge on any atom is -0.478 e. The van der Waals surface area contributed by atoms with Crippen molar-refractivity contribution in [2.45, 2.75) is 0 Å². The second-order valence-corrected chi connectivity index (χ2v) is 4.32. The minimum atomic E-state index is -1.12. The molecule has 0 radical (unpaired) electrons. The van der Waals surface area contributed by atoms with Crippen LogP contribution in [0.4, 0.5) is 10.1 Å². The molecular formula is C15H20FNO4. The summed E-state index contributed by atoms with van der Waals surface area (Å²) in [6, 6.07) is 4.64. The fourth-order valence-corrected chi connectivity index (χ4v) is 1.88. The standard InChI is InChI=1S/C15H20FNO4/c1-20-10-8-17(9-11-21-2)14-5-3-4-13(16)12(14)6-7-15(18)19/h3-7H,8-11H2,1-2H3,(H,18,19)/b7-6+. The lowest BCUT2D eigenvalue weighted by Gasteiger charge is -2.26. The molecule has 5 nitrogen and oxygen atoms in total. The number of carboxylic acids is 1. The molecule has 0 atom stereocenters. The van der Waals surface area contributed by atoms with E-state index in [9.17, 15) is 9.18 Å². The van der Waals surface area contributed by atoms with Crippen LogP contribution in [0.15, 0.2) is 24.3 Å². The van der Waals surface area contributed by atoms with E-state index in [2.05, 4.69) is 0 Å². The van der Waals surface area contributed by atoms with Gasteiger partial charge in [0, 0.05) is 44.6 Å². The van der Waals surface area contributed by atoms with E-state index in [0.29, 0.717) is 32.0 Å². The van der Waals surface area contributed by atoms with E-state index in [0.717, 1.165) is 6.08 Å². The quantitative estimate of drug-likeness (QED) is 0.707. The van der Waals surface area contributed by atoms with E-state index < -0.39 is 11.8 Å². The molecule has 0 aliphatic rings. The van der Waals surface area contributed by atoms with Gasteiger partial charge < -0.3 is 19.5 Å². The van der Waals surface area contributed by atoms with Crippen molar-refractivity contribution in [2.75, 3.05) is 45.4 Å². The third-order valence-corrected chi connectivity index (χ3v) is 2.89. The number of hydrogen-bond acceptors (Lipinski definition) is 4. The van der Waals surface area contributed by atoms with Crippen LogP contribution in [0.1, 0.15) is 5.56 Å². The van der Waals surface area contributed by atoms with Crippen molar-refractivity contribution in [3.8, 4) is 0 Å². The van der Waals surface area contributed by atoms with Crippen molar-refractivity contribution >= 4 is 17.7 Å². The van der Waals surface area contributed by atoms with Crippen molar-refractivity contribution in [1.82, 2.24) is 0 Å². The first-order valence-corrected chi connectivity index (χ1v) is 6.52. The molecule has 0 amide bonds. The number of carbonyl (C=O) groups is 1. The van der Waals surface area contributed by atoms with Gasteiger partial charge in [-0.1, -0.05) is 6.07 Å². The third-order valence-electron chi connectivity index (χ3n) is 2.89. The molecular weight excluding hydrogens is 277 g/mol. The van der Waals surface area contributed by atoms with Crippen LogP contribution in [0.3, 0.4) is 0 Å². The van der Waals surface area contributed by atoms with Crippen LogP contribution in [-0.2, 0) is 14.3 Å². The van der Waals surface area contributed by atoms with Crippen LogP contribution in [0.25, 0.3) is 6.08 Å². The average molecular weight is 297 g/mol. The number of anilines is 1. The van der Waals surface area contributed by atoms with Crippen molar-refractivity contribution in [1.29, 1.82) is 0 Å². The second kappa shape index (κ2) is 9.10. The SMILES string of the molecule is COCCN(CCOC)c1cccc(F)c1/C=C/C(=O)O. The average Bonchev–Trinajstić information content (AvgIpc) is 2.46. The molecule has 0 aromatic heterocycles. The molecule has 1 aromatic rings. The molecule has 0 fully saturated rings. The van der Waals surface area contributed by atoms with Gasteiger partial charge in [-0.05, 0) is 18.2 Å². The molecule has 0 heterocycles. The van der Waals surface area contributed by atoms with E-state index in [1.807, 2.05) is 4.90 Å². The second-order valence-electron chi connectivity index (χ2n) is 4.32.